The van der Waals surface area contributed by atoms with E-state index >= 15 is 0 Å². The van der Waals surface area contributed by atoms with Gasteiger partial charge in [-0.05, 0) is 12.1 Å². The van der Waals surface area contributed by atoms with Crippen molar-refractivity contribution in [3.63, 3.8) is 0 Å². The number of nitro groups is 1. The zero-order valence-corrected chi connectivity index (χ0v) is 12.5. The van der Waals surface area contributed by atoms with Crippen LogP contribution in [-0.4, -0.2) is 48.7 Å². The van der Waals surface area contributed by atoms with Crippen LogP contribution < -0.4 is 10.2 Å². The zero-order valence-electron chi connectivity index (χ0n) is 12.5. The summed E-state index contributed by atoms with van der Waals surface area (Å²) in [7, 11) is 1.52. The zero-order chi connectivity index (χ0) is 17.0. The maximum Gasteiger partial charge on any atom is 0.308 e. The Morgan fingerprint density at radius 2 is 2.30 bits per heavy atom. The number of aliphatic carboxylic acids is 1. The predicted molar refractivity (Wildman–Crippen MR) is 81.6 cm³/mol. The summed E-state index contributed by atoms with van der Waals surface area (Å²) < 4.78 is 4.88. The van der Waals surface area contributed by atoms with Gasteiger partial charge in [0, 0.05) is 32.7 Å². The van der Waals surface area contributed by atoms with Crippen LogP contribution >= 0.6 is 0 Å². The minimum absolute atomic E-state index is 0.0156. The lowest BCUT2D eigenvalue weighted by atomic mass is 10.1. The van der Waals surface area contributed by atoms with Crippen molar-refractivity contribution in [2.24, 2.45) is 5.92 Å². The van der Waals surface area contributed by atoms with Gasteiger partial charge in [0.1, 0.15) is 5.69 Å². The SMILES string of the molecule is COCCNc1ccc(N2CC(C(=O)O)CC2=O)cc1[N+](=O)[O-]. The van der Waals surface area contributed by atoms with Gasteiger partial charge < -0.3 is 20.1 Å². The van der Waals surface area contributed by atoms with Crippen LogP contribution in [0, 0.1) is 16.0 Å². The molecule has 1 unspecified atom stereocenters. The first-order valence-corrected chi connectivity index (χ1v) is 6.98. The Bertz CT molecular complexity index is 633. The Kier molecular flexibility index (Phi) is 5.12. The number of carbonyl (C=O) groups is 2. The molecule has 9 heteroatoms. The number of nitro benzene ring substituents is 1. The Balaban J connectivity index is 2.24. The summed E-state index contributed by atoms with van der Waals surface area (Å²) in [6.45, 7) is 0.812. The molecular weight excluding hydrogens is 306 g/mol. The Labute approximate surface area is 132 Å². The lowest BCUT2D eigenvalue weighted by Crippen LogP contribution is -2.25. The number of ether oxygens (including phenoxy) is 1. The average molecular weight is 323 g/mol. The number of nitrogens with one attached hydrogen (secondary N) is 1. The van der Waals surface area contributed by atoms with Gasteiger partial charge in [-0.15, -0.1) is 0 Å². The molecular formula is C14H17N3O6. The smallest absolute Gasteiger partial charge is 0.308 e. The van der Waals surface area contributed by atoms with Crippen molar-refractivity contribution in [3.8, 4) is 0 Å². The van der Waals surface area contributed by atoms with E-state index in [4.69, 9.17) is 9.84 Å². The van der Waals surface area contributed by atoms with Gasteiger partial charge in [0.25, 0.3) is 5.69 Å². The van der Waals surface area contributed by atoms with Crippen LogP contribution in [0.15, 0.2) is 18.2 Å². The van der Waals surface area contributed by atoms with E-state index in [1.807, 2.05) is 0 Å². The molecule has 124 valence electrons. The van der Waals surface area contributed by atoms with Crippen LogP contribution in [0.4, 0.5) is 17.1 Å². The monoisotopic (exact) mass is 323 g/mol. The van der Waals surface area contributed by atoms with E-state index in [2.05, 4.69) is 5.32 Å². The summed E-state index contributed by atoms with van der Waals surface area (Å²) >= 11 is 0. The lowest BCUT2D eigenvalue weighted by Gasteiger charge is -2.17. The molecule has 1 heterocycles. The number of amides is 1. The van der Waals surface area contributed by atoms with Crippen molar-refractivity contribution >= 4 is 28.9 Å². The Morgan fingerprint density at radius 1 is 1.57 bits per heavy atom. The molecule has 0 radical (unpaired) electrons. The number of carboxylic acid groups (broad SMARTS) is 1. The molecule has 0 aliphatic carbocycles. The van der Waals surface area contributed by atoms with Crippen molar-refractivity contribution in [2.75, 3.05) is 37.0 Å². The lowest BCUT2D eigenvalue weighted by molar-refractivity contribution is -0.383. The quantitative estimate of drug-likeness (QED) is 0.437. The van der Waals surface area contributed by atoms with Gasteiger partial charge in [0.15, 0.2) is 0 Å². The fourth-order valence-corrected chi connectivity index (χ4v) is 2.40. The highest BCUT2D eigenvalue weighted by atomic mass is 16.6. The van der Waals surface area contributed by atoms with Crippen LogP contribution in [0.3, 0.4) is 0 Å². The van der Waals surface area contributed by atoms with Gasteiger partial charge in [-0.25, -0.2) is 0 Å². The van der Waals surface area contributed by atoms with Gasteiger partial charge in [-0.1, -0.05) is 0 Å². The van der Waals surface area contributed by atoms with Crippen LogP contribution in [-0.2, 0) is 14.3 Å². The van der Waals surface area contributed by atoms with Gasteiger partial charge in [-0.2, -0.15) is 0 Å². The van der Waals surface area contributed by atoms with Crippen LogP contribution in [0.2, 0.25) is 0 Å². The molecule has 2 N–H and O–H groups in total. The molecule has 0 spiro atoms. The van der Waals surface area contributed by atoms with Crippen molar-refractivity contribution < 1.29 is 24.4 Å². The molecule has 1 aromatic carbocycles. The first kappa shape index (κ1) is 16.7. The Hall–Kier alpha value is -2.68. The minimum Gasteiger partial charge on any atom is -0.481 e. The summed E-state index contributed by atoms with van der Waals surface area (Å²) in [5, 5.41) is 23.1. The number of carboxylic acids is 1. The second-order valence-corrected chi connectivity index (χ2v) is 5.12. The van der Waals surface area contributed by atoms with E-state index in [1.54, 1.807) is 6.07 Å². The standard InChI is InChI=1S/C14H17N3O6/c1-23-5-4-15-11-3-2-10(7-12(11)17(21)22)16-8-9(14(19)20)6-13(16)18/h2-3,7,9,15H,4-6,8H2,1H3,(H,19,20). The molecule has 1 amide bonds. The number of hydrogen-bond donors (Lipinski definition) is 2. The number of anilines is 2. The number of benzene rings is 1. The molecule has 1 aliphatic rings. The summed E-state index contributed by atoms with van der Waals surface area (Å²) in [4.78, 5) is 34.9. The molecule has 0 bridgehead atoms. The number of nitrogens with zero attached hydrogens (tertiary/aromatic N) is 2. The summed E-state index contributed by atoms with van der Waals surface area (Å²) in [6, 6.07) is 4.34. The fourth-order valence-electron chi connectivity index (χ4n) is 2.40. The summed E-state index contributed by atoms with van der Waals surface area (Å²) in [6.07, 6.45) is -0.100. The molecule has 0 saturated carbocycles. The molecule has 1 aliphatic heterocycles. The third-order valence-electron chi connectivity index (χ3n) is 3.59. The van der Waals surface area contributed by atoms with Crippen molar-refractivity contribution in [3.05, 3.63) is 28.3 Å². The summed E-state index contributed by atoms with van der Waals surface area (Å²) in [5.74, 6) is -2.19. The number of carbonyl (C=O) groups excluding carboxylic acids is 1. The number of hydrogen-bond acceptors (Lipinski definition) is 6. The highest BCUT2D eigenvalue weighted by molar-refractivity contribution is 5.99. The third-order valence-corrected chi connectivity index (χ3v) is 3.59. The molecule has 1 fully saturated rings. The van der Waals surface area contributed by atoms with Crippen molar-refractivity contribution in [2.45, 2.75) is 6.42 Å². The fraction of sp³-hybridized carbons (Fsp3) is 0.429. The van der Waals surface area contributed by atoms with E-state index in [0.717, 1.165) is 0 Å². The first-order chi connectivity index (χ1) is 10.9. The largest absolute Gasteiger partial charge is 0.481 e. The molecule has 1 saturated heterocycles. The number of methoxy groups -OCH3 is 1. The van der Waals surface area contributed by atoms with E-state index < -0.39 is 16.8 Å². The van der Waals surface area contributed by atoms with Crippen molar-refractivity contribution in [1.29, 1.82) is 0 Å². The Morgan fingerprint density at radius 3 is 2.87 bits per heavy atom. The van der Waals surface area contributed by atoms with Gasteiger partial charge in [-0.3, -0.25) is 19.7 Å². The third kappa shape index (κ3) is 3.75. The molecule has 23 heavy (non-hydrogen) atoms. The molecule has 1 atom stereocenters. The first-order valence-electron chi connectivity index (χ1n) is 6.98. The summed E-state index contributed by atoms with van der Waals surface area (Å²) in [5.41, 5.74) is 0.463. The van der Waals surface area contributed by atoms with Gasteiger partial charge in [0.05, 0.1) is 23.1 Å². The highest BCUT2D eigenvalue weighted by Crippen LogP contribution is 2.32. The minimum atomic E-state index is -1.05. The maximum absolute atomic E-state index is 11.9. The second kappa shape index (κ2) is 7.05. The highest BCUT2D eigenvalue weighted by Gasteiger charge is 2.35. The molecule has 2 rings (SSSR count). The molecule has 9 nitrogen and oxygen atoms in total. The maximum atomic E-state index is 11.9. The van der Waals surface area contributed by atoms with Gasteiger partial charge in [0.2, 0.25) is 5.91 Å². The topological polar surface area (TPSA) is 122 Å². The van der Waals surface area contributed by atoms with Crippen molar-refractivity contribution in [1.82, 2.24) is 0 Å². The van der Waals surface area contributed by atoms with E-state index in [1.165, 1.54) is 24.1 Å². The van der Waals surface area contributed by atoms with E-state index in [9.17, 15) is 19.7 Å². The second-order valence-electron chi connectivity index (χ2n) is 5.12. The average Bonchev–Trinajstić information content (AvgIpc) is 2.90. The van der Waals surface area contributed by atoms with E-state index in [-0.39, 0.29) is 24.6 Å². The van der Waals surface area contributed by atoms with Crippen LogP contribution in [0.25, 0.3) is 0 Å². The predicted octanol–water partition coefficient (Wildman–Crippen LogP) is 1.09. The number of rotatable bonds is 7. The van der Waals surface area contributed by atoms with Crippen LogP contribution in [0.5, 0.6) is 0 Å². The normalized spacial score (nSPS) is 17.3. The van der Waals surface area contributed by atoms with Gasteiger partial charge >= 0.3 is 5.97 Å². The van der Waals surface area contributed by atoms with Crippen LogP contribution in [0.1, 0.15) is 6.42 Å². The van der Waals surface area contributed by atoms with E-state index in [0.29, 0.717) is 24.5 Å². The molecule has 0 aromatic heterocycles. The molecule has 1 aromatic rings.